The number of hydrogen-bond donors (Lipinski definition) is 2. The number of carbonyl (C=O) groups is 1. The van der Waals surface area contributed by atoms with Crippen LogP contribution in [-0.4, -0.2) is 30.9 Å². The maximum Gasteiger partial charge on any atom is 0.246 e. The lowest BCUT2D eigenvalue weighted by molar-refractivity contribution is -0.116. The highest BCUT2D eigenvalue weighted by Gasteiger charge is 2.13. The Balaban J connectivity index is 1.43. The average Bonchev–Trinajstić information content (AvgIpc) is 3.33. The summed E-state index contributed by atoms with van der Waals surface area (Å²) in [4.78, 5) is 20.6. The Morgan fingerprint density at radius 1 is 0.929 bits per heavy atom. The monoisotopic (exact) mass is 368 g/mol. The molecule has 7 heteroatoms. The van der Waals surface area contributed by atoms with Crippen LogP contribution in [0.4, 0.5) is 5.69 Å². The van der Waals surface area contributed by atoms with Crippen molar-refractivity contribution in [3.05, 3.63) is 72.8 Å². The quantitative estimate of drug-likeness (QED) is 0.507. The first-order valence-corrected chi connectivity index (χ1v) is 8.90. The van der Waals surface area contributed by atoms with Crippen LogP contribution in [0.15, 0.2) is 72.8 Å². The summed E-state index contributed by atoms with van der Waals surface area (Å²) in [5.41, 5.74) is 4.94. The van der Waals surface area contributed by atoms with Crippen LogP contribution in [0.5, 0.6) is 0 Å². The lowest BCUT2D eigenvalue weighted by Gasteiger charge is -2.09. The summed E-state index contributed by atoms with van der Waals surface area (Å²) in [5, 5.41) is 11.1. The number of rotatable bonds is 4. The van der Waals surface area contributed by atoms with Crippen molar-refractivity contribution in [1.82, 2.24) is 25.0 Å². The fourth-order valence-electron chi connectivity index (χ4n) is 3.24. The molecule has 0 saturated heterocycles. The topological polar surface area (TPSA) is 88.5 Å². The molecule has 0 aliphatic carbocycles. The van der Waals surface area contributed by atoms with Gasteiger partial charge in [-0.1, -0.05) is 41.6 Å². The fraction of sp³-hybridized carbons (Fsp3) is 0.0476. The third-order valence-electron chi connectivity index (χ3n) is 4.56. The highest BCUT2D eigenvalue weighted by Crippen LogP contribution is 2.27. The molecule has 7 nitrogen and oxygen atoms in total. The number of imidazole rings is 1. The van der Waals surface area contributed by atoms with Crippen molar-refractivity contribution in [3.63, 3.8) is 0 Å². The van der Waals surface area contributed by atoms with Crippen LogP contribution in [0.3, 0.4) is 0 Å². The van der Waals surface area contributed by atoms with E-state index in [4.69, 9.17) is 0 Å². The summed E-state index contributed by atoms with van der Waals surface area (Å²) in [5.74, 6) is 0.530. The molecule has 136 valence electrons. The van der Waals surface area contributed by atoms with Gasteiger partial charge < -0.3 is 10.3 Å². The molecule has 0 unspecified atom stereocenters. The van der Waals surface area contributed by atoms with Crippen LogP contribution in [0.25, 0.3) is 33.5 Å². The van der Waals surface area contributed by atoms with Gasteiger partial charge in [0.05, 0.1) is 22.2 Å². The van der Waals surface area contributed by atoms with Crippen LogP contribution < -0.4 is 5.32 Å². The first-order chi connectivity index (χ1) is 13.8. The Bertz CT molecular complexity index is 1270. The highest BCUT2D eigenvalue weighted by molar-refractivity contribution is 5.95. The second kappa shape index (κ2) is 6.62. The Hall–Kier alpha value is -4.00. The predicted molar refractivity (Wildman–Crippen MR) is 108 cm³/mol. The number of fused-ring (bicyclic) bond motifs is 2. The summed E-state index contributed by atoms with van der Waals surface area (Å²) >= 11 is 0. The lowest BCUT2D eigenvalue weighted by atomic mass is 10.1. The molecule has 5 aromatic rings. The minimum absolute atomic E-state index is 0.0784. The van der Waals surface area contributed by atoms with Crippen LogP contribution in [0, 0.1) is 0 Å². The summed E-state index contributed by atoms with van der Waals surface area (Å²) < 4.78 is 1.59. The van der Waals surface area contributed by atoms with Gasteiger partial charge in [0.15, 0.2) is 0 Å². The molecule has 0 saturated carbocycles. The van der Waals surface area contributed by atoms with Crippen molar-refractivity contribution in [3.8, 4) is 11.4 Å². The van der Waals surface area contributed by atoms with Gasteiger partial charge in [0.2, 0.25) is 5.91 Å². The zero-order valence-corrected chi connectivity index (χ0v) is 14.8. The molecule has 2 heterocycles. The molecule has 2 aromatic heterocycles. The number of hydrogen-bond acceptors (Lipinski definition) is 4. The molecule has 0 aliphatic heterocycles. The van der Waals surface area contributed by atoms with Gasteiger partial charge in [-0.05, 0) is 36.4 Å². The van der Waals surface area contributed by atoms with E-state index < -0.39 is 0 Å². The number of aromatic amines is 1. The number of nitrogens with one attached hydrogen (secondary N) is 2. The Labute approximate surface area is 160 Å². The number of aromatic nitrogens is 5. The molecule has 0 aliphatic rings. The SMILES string of the molecule is O=C(Cn1nnc2ccccc21)Nc1ccccc1-c1nc2ccccc2[nH]1. The van der Waals surface area contributed by atoms with Crippen LogP contribution in [0.2, 0.25) is 0 Å². The van der Waals surface area contributed by atoms with Gasteiger partial charge in [0.25, 0.3) is 0 Å². The largest absolute Gasteiger partial charge is 0.338 e. The molecule has 0 atom stereocenters. The summed E-state index contributed by atoms with van der Waals surface area (Å²) in [6.07, 6.45) is 0. The maximum atomic E-state index is 12.6. The standard InChI is InChI=1S/C21H16N6O/c28-20(13-27-19-12-6-5-11-18(19)25-26-27)22-15-8-2-1-7-14(15)21-23-16-9-3-4-10-17(16)24-21/h1-12H,13H2,(H,22,28)(H,23,24). The first-order valence-electron chi connectivity index (χ1n) is 8.90. The molecular formula is C21H16N6O. The van der Waals surface area contributed by atoms with Crippen LogP contribution in [-0.2, 0) is 11.3 Å². The molecule has 1 amide bonds. The van der Waals surface area contributed by atoms with Gasteiger partial charge in [-0.3, -0.25) is 4.79 Å². The van der Waals surface area contributed by atoms with Crippen molar-refractivity contribution in [2.45, 2.75) is 6.54 Å². The molecule has 2 N–H and O–H groups in total. The van der Waals surface area contributed by atoms with E-state index in [-0.39, 0.29) is 12.5 Å². The number of nitrogens with zero attached hydrogens (tertiary/aromatic N) is 4. The van der Waals surface area contributed by atoms with Gasteiger partial charge in [-0.2, -0.15) is 0 Å². The number of H-pyrrole nitrogens is 1. The molecule has 0 spiro atoms. The number of para-hydroxylation sites is 4. The predicted octanol–water partition coefficient (Wildman–Crippen LogP) is 3.61. The lowest BCUT2D eigenvalue weighted by Crippen LogP contribution is -2.20. The van der Waals surface area contributed by atoms with Gasteiger partial charge in [0, 0.05) is 5.56 Å². The van der Waals surface area contributed by atoms with E-state index in [1.54, 1.807) is 4.68 Å². The van der Waals surface area contributed by atoms with Gasteiger partial charge >= 0.3 is 0 Å². The molecule has 28 heavy (non-hydrogen) atoms. The van der Waals surface area contributed by atoms with Crippen molar-refractivity contribution >= 4 is 33.7 Å². The molecule has 0 radical (unpaired) electrons. The summed E-state index contributed by atoms with van der Waals surface area (Å²) in [6, 6.07) is 23.0. The Morgan fingerprint density at radius 3 is 2.57 bits per heavy atom. The smallest absolute Gasteiger partial charge is 0.246 e. The van der Waals surface area contributed by atoms with E-state index in [1.807, 2.05) is 72.8 Å². The molecular weight excluding hydrogens is 352 g/mol. The van der Waals surface area contributed by atoms with Gasteiger partial charge in [-0.15, -0.1) is 5.10 Å². The van der Waals surface area contributed by atoms with E-state index in [2.05, 4.69) is 25.6 Å². The Morgan fingerprint density at radius 2 is 1.68 bits per heavy atom. The number of benzene rings is 3. The van der Waals surface area contributed by atoms with Crippen LogP contribution in [0.1, 0.15) is 0 Å². The highest BCUT2D eigenvalue weighted by atomic mass is 16.2. The summed E-state index contributed by atoms with van der Waals surface area (Å²) in [6.45, 7) is 0.0784. The number of amides is 1. The normalized spacial score (nSPS) is 11.1. The first kappa shape index (κ1) is 16.2. The van der Waals surface area contributed by atoms with Crippen molar-refractivity contribution in [1.29, 1.82) is 0 Å². The molecule has 0 bridgehead atoms. The minimum atomic E-state index is -0.181. The zero-order valence-electron chi connectivity index (χ0n) is 14.8. The van der Waals surface area contributed by atoms with Gasteiger partial charge in [-0.25, -0.2) is 9.67 Å². The van der Waals surface area contributed by atoms with Crippen molar-refractivity contribution in [2.24, 2.45) is 0 Å². The zero-order chi connectivity index (χ0) is 18.9. The third-order valence-corrected chi connectivity index (χ3v) is 4.56. The number of anilines is 1. The van der Waals surface area contributed by atoms with E-state index >= 15 is 0 Å². The average molecular weight is 368 g/mol. The van der Waals surface area contributed by atoms with E-state index in [0.29, 0.717) is 11.5 Å². The van der Waals surface area contributed by atoms with Crippen molar-refractivity contribution < 1.29 is 4.79 Å². The minimum Gasteiger partial charge on any atom is -0.338 e. The molecule has 3 aromatic carbocycles. The van der Waals surface area contributed by atoms with Crippen molar-refractivity contribution in [2.75, 3.05) is 5.32 Å². The summed E-state index contributed by atoms with van der Waals surface area (Å²) in [7, 11) is 0. The number of carbonyl (C=O) groups excluding carboxylic acids is 1. The Kier molecular flexibility index (Phi) is 3.83. The van der Waals surface area contributed by atoms with Gasteiger partial charge in [0.1, 0.15) is 17.9 Å². The maximum absolute atomic E-state index is 12.6. The van der Waals surface area contributed by atoms with E-state index in [0.717, 1.165) is 27.6 Å². The molecule has 5 rings (SSSR count). The molecule has 0 fully saturated rings. The fourth-order valence-corrected chi connectivity index (χ4v) is 3.24. The van der Waals surface area contributed by atoms with E-state index in [1.165, 1.54) is 0 Å². The second-order valence-corrected chi connectivity index (χ2v) is 6.43. The van der Waals surface area contributed by atoms with E-state index in [9.17, 15) is 4.79 Å². The third kappa shape index (κ3) is 2.88. The van der Waals surface area contributed by atoms with Crippen LogP contribution >= 0.6 is 0 Å². The second-order valence-electron chi connectivity index (χ2n) is 6.43.